The third-order valence-corrected chi connectivity index (χ3v) is 6.40. The van der Waals surface area contributed by atoms with Crippen LogP contribution in [0.25, 0.3) is 11.2 Å². The number of aryl methyl sites for hydroxylation is 3. The van der Waals surface area contributed by atoms with Gasteiger partial charge < -0.3 is 9.88 Å². The van der Waals surface area contributed by atoms with E-state index in [0.717, 1.165) is 35.9 Å². The summed E-state index contributed by atoms with van der Waals surface area (Å²) >= 11 is 1.48. The van der Waals surface area contributed by atoms with Crippen molar-refractivity contribution in [3.8, 4) is 0 Å². The van der Waals surface area contributed by atoms with E-state index in [1.165, 1.54) is 34.2 Å². The van der Waals surface area contributed by atoms with Gasteiger partial charge in [-0.25, -0.2) is 19.3 Å². The lowest BCUT2D eigenvalue weighted by atomic mass is 9.89. The zero-order valence-corrected chi connectivity index (χ0v) is 16.9. The van der Waals surface area contributed by atoms with Crippen molar-refractivity contribution in [2.75, 3.05) is 5.32 Å². The molecule has 9 nitrogen and oxygen atoms in total. The molecule has 3 aromatic rings. The first-order valence-electron chi connectivity index (χ1n) is 9.28. The summed E-state index contributed by atoms with van der Waals surface area (Å²) < 4.78 is 3.75. The molecule has 1 aliphatic carbocycles. The minimum Gasteiger partial charge on any atom is -0.328 e. The van der Waals surface area contributed by atoms with Crippen LogP contribution in [0.2, 0.25) is 0 Å². The SMILES string of the molecule is CC[C@H]1CCc2nc(NC(=O)Cn3c(=O)c4c(ncn4C)n(C)c3=O)sc2C1. The lowest BCUT2D eigenvalue weighted by molar-refractivity contribution is -0.116. The molecule has 1 atom stereocenters. The van der Waals surface area contributed by atoms with Gasteiger partial charge in [0.05, 0.1) is 12.0 Å². The molecule has 4 rings (SSSR count). The Balaban J connectivity index is 1.58. The molecule has 3 aromatic heterocycles. The summed E-state index contributed by atoms with van der Waals surface area (Å²) in [6, 6.07) is 0. The van der Waals surface area contributed by atoms with E-state index in [0.29, 0.717) is 16.7 Å². The fourth-order valence-electron chi connectivity index (χ4n) is 3.68. The fraction of sp³-hybridized carbons (Fsp3) is 0.500. The van der Waals surface area contributed by atoms with E-state index in [-0.39, 0.29) is 12.1 Å². The quantitative estimate of drug-likeness (QED) is 0.702. The second kappa shape index (κ2) is 7.01. The molecular formula is C18H22N6O3S. The zero-order chi connectivity index (χ0) is 20.0. The maximum Gasteiger partial charge on any atom is 0.332 e. The molecular weight excluding hydrogens is 380 g/mol. The van der Waals surface area contributed by atoms with Crippen LogP contribution >= 0.6 is 11.3 Å². The highest BCUT2D eigenvalue weighted by Crippen LogP contribution is 2.33. The molecule has 0 saturated carbocycles. The lowest BCUT2D eigenvalue weighted by Crippen LogP contribution is -2.42. The highest BCUT2D eigenvalue weighted by atomic mass is 32.1. The van der Waals surface area contributed by atoms with Crippen LogP contribution in [0.1, 0.15) is 30.3 Å². The van der Waals surface area contributed by atoms with Crippen molar-refractivity contribution in [2.45, 2.75) is 39.2 Å². The fourth-order valence-corrected chi connectivity index (χ4v) is 4.82. The number of aromatic nitrogens is 5. The van der Waals surface area contributed by atoms with Gasteiger partial charge in [0.2, 0.25) is 5.91 Å². The van der Waals surface area contributed by atoms with Crippen molar-refractivity contribution in [2.24, 2.45) is 20.0 Å². The minimum atomic E-state index is -0.574. The maximum atomic E-state index is 12.7. The minimum absolute atomic E-state index is 0.283. The molecule has 0 spiro atoms. The Morgan fingerprint density at radius 3 is 2.89 bits per heavy atom. The molecule has 0 radical (unpaired) electrons. The third kappa shape index (κ3) is 3.07. The van der Waals surface area contributed by atoms with Crippen LogP contribution in [-0.4, -0.2) is 29.6 Å². The molecule has 1 aliphatic rings. The van der Waals surface area contributed by atoms with Gasteiger partial charge in [0.25, 0.3) is 5.56 Å². The first kappa shape index (κ1) is 18.6. The highest BCUT2D eigenvalue weighted by molar-refractivity contribution is 7.15. The number of nitrogens with zero attached hydrogens (tertiary/aromatic N) is 5. The van der Waals surface area contributed by atoms with Gasteiger partial charge in [0.1, 0.15) is 6.54 Å². The van der Waals surface area contributed by atoms with Crippen LogP contribution in [0.4, 0.5) is 5.13 Å². The smallest absolute Gasteiger partial charge is 0.328 e. The molecule has 148 valence electrons. The van der Waals surface area contributed by atoms with E-state index in [1.54, 1.807) is 11.6 Å². The topological polar surface area (TPSA) is 104 Å². The molecule has 0 aromatic carbocycles. The molecule has 1 N–H and O–H groups in total. The molecule has 10 heteroatoms. The van der Waals surface area contributed by atoms with Crippen LogP contribution in [0, 0.1) is 5.92 Å². The summed E-state index contributed by atoms with van der Waals surface area (Å²) in [4.78, 5) is 47.5. The normalized spacial score (nSPS) is 16.3. The Morgan fingerprint density at radius 2 is 2.14 bits per heavy atom. The van der Waals surface area contributed by atoms with E-state index >= 15 is 0 Å². The van der Waals surface area contributed by atoms with Gasteiger partial charge in [-0.3, -0.25) is 14.2 Å². The average Bonchev–Trinajstić information content (AvgIpc) is 3.25. The number of hydrogen-bond acceptors (Lipinski definition) is 6. The molecule has 1 amide bonds. The van der Waals surface area contributed by atoms with Crippen LogP contribution < -0.4 is 16.6 Å². The Hall–Kier alpha value is -2.75. The van der Waals surface area contributed by atoms with Crippen LogP contribution in [0.15, 0.2) is 15.9 Å². The summed E-state index contributed by atoms with van der Waals surface area (Å²) in [5.74, 6) is 0.225. The predicted molar refractivity (Wildman–Crippen MR) is 107 cm³/mol. The van der Waals surface area contributed by atoms with Gasteiger partial charge >= 0.3 is 5.69 Å². The number of carbonyl (C=O) groups excluding carboxylic acids is 1. The molecule has 28 heavy (non-hydrogen) atoms. The second-order valence-electron chi connectivity index (χ2n) is 7.21. The van der Waals surface area contributed by atoms with Crippen molar-refractivity contribution < 1.29 is 4.79 Å². The number of thiazole rings is 1. The van der Waals surface area contributed by atoms with E-state index in [1.807, 2.05) is 0 Å². The molecule has 3 heterocycles. The van der Waals surface area contributed by atoms with Crippen molar-refractivity contribution in [1.82, 2.24) is 23.7 Å². The largest absolute Gasteiger partial charge is 0.332 e. The monoisotopic (exact) mass is 402 g/mol. The number of hydrogen-bond donors (Lipinski definition) is 1. The van der Waals surface area contributed by atoms with E-state index in [9.17, 15) is 14.4 Å². The first-order valence-corrected chi connectivity index (χ1v) is 10.1. The maximum absolute atomic E-state index is 12.7. The van der Waals surface area contributed by atoms with Gasteiger partial charge in [-0.15, -0.1) is 11.3 Å². The van der Waals surface area contributed by atoms with E-state index in [2.05, 4.69) is 22.2 Å². The number of imidazole rings is 1. The average molecular weight is 402 g/mol. The van der Waals surface area contributed by atoms with Crippen molar-refractivity contribution >= 4 is 33.5 Å². The Kier molecular flexibility index (Phi) is 4.66. The summed E-state index contributed by atoms with van der Waals surface area (Å²) in [5, 5.41) is 3.28. The summed E-state index contributed by atoms with van der Waals surface area (Å²) in [5.41, 5.74) is 0.528. The van der Waals surface area contributed by atoms with Gasteiger partial charge in [-0.05, 0) is 25.2 Å². The van der Waals surface area contributed by atoms with Gasteiger partial charge in [-0.1, -0.05) is 13.3 Å². The van der Waals surface area contributed by atoms with Crippen molar-refractivity contribution in [1.29, 1.82) is 0 Å². The van der Waals surface area contributed by atoms with Crippen LogP contribution in [0.5, 0.6) is 0 Å². The number of nitrogens with one attached hydrogen (secondary N) is 1. The summed E-state index contributed by atoms with van der Waals surface area (Å²) in [6.07, 6.45) is 5.66. The molecule has 0 fully saturated rings. The number of carbonyl (C=O) groups is 1. The number of amides is 1. The van der Waals surface area contributed by atoms with Gasteiger partial charge in [-0.2, -0.15) is 0 Å². The molecule has 0 aliphatic heterocycles. The first-order chi connectivity index (χ1) is 13.4. The predicted octanol–water partition coefficient (Wildman–Crippen LogP) is 1.04. The Labute approximate surface area is 164 Å². The number of anilines is 1. The Bertz CT molecular complexity index is 1180. The Morgan fingerprint density at radius 1 is 1.36 bits per heavy atom. The number of fused-ring (bicyclic) bond motifs is 2. The van der Waals surface area contributed by atoms with Crippen LogP contribution in [0.3, 0.4) is 0 Å². The zero-order valence-electron chi connectivity index (χ0n) is 16.1. The van der Waals surface area contributed by atoms with E-state index < -0.39 is 17.2 Å². The van der Waals surface area contributed by atoms with Crippen molar-refractivity contribution in [3.63, 3.8) is 0 Å². The van der Waals surface area contributed by atoms with E-state index in [4.69, 9.17) is 0 Å². The summed E-state index contributed by atoms with van der Waals surface area (Å²) in [6.45, 7) is 1.82. The highest BCUT2D eigenvalue weighted by Gasteiger charge is 2.23. The second-order valence-corrected chi connectivity index (χ2v) is 8.30. The third-order valence-electron chi connectivity index (χ3n) is 5.37. The molecule has 0 bridgehead atoms. The van der Waals surface area contributed by atoms with Gasteiger partial charge in [0, 0.05) is 19.0 Å². The standard InChI is InChI=1S/C18H22N6O3S/c1-4-10-5-6-11-12(7-10)28-17(20-11)21-13(25)8-24-16(26)14-15(19-9-22(14)2)23(3)18(24)27/h9-10H,4-8H2,1-3H3,(H,20,21,25)/t10-/m0/s1. The molecule has 0 unspecified atom stereocenters. The lowest BCUT2D eigenvalue weighted by Gasteiger charge is -2.18. The van der Waals surface area contributed by atoms with Crippen molar-refractivity contribution in [3.05, 3.63) is 37.7 Å². The van der Waals surface area contributed by atoms with Gasteiger partial charge in [0.15, 0.2) is 16.3 Å². The number of rotatable bonds is 4. The molecule has 0 saturated heterocycles. The summed E-state index contributed by atoms with van der Waals surface area (Å²) in [7, 11) is 3.21. The van der Waals surface area contributed by atoms with Crippen LogP contribution in [-0.2, 0) is 38.3 Å².